The summed E-state index contributed by atoms with van der Waals surface area (Å²) in [4.78, 5) is 5.14. The van der Waals surface area contributed by atoms with Gasteiger partial charge in [0.25, 0.3) is 0 Å². The van der Waals surface area contributed by atoms with Crippen LogP contribution in [0.2, 0.25) is 0 Å². The van der Waals surface area contributed by atoms with Gasteiger partial charge in [0.15, 0.2) is 0 Å². The molecule has 0 spiro atoms. The molecular weight excluding hydrogens is 352 g/mol. The Hall–Kier alpha value is -1.96. The van der Waals surface area contributed by atoms with Crippen molar-refractivity contribution in [3.63, 3.8) is 0 Å². The molecule has 2 aromatic rings. The average Bonchev–Trinajstić information content (AvgIpc) is 3.15. The molecule has 1 unspecified atom stereocenters. The number of nitrogens with zero attached hydrogens (tertiary/aromatic N) is 2. The summed E-state index contributed by atoms with van der Waals surface area (Å²) >= 11 is 0. The van der Waals surface area contributed by atoms with E-state index in [4.69, 9.17) is 6.92 Å². The van der Waals surface area contributed by atoms with Crippen LogP contribution in [0.1, 0.15) is 94.4 Å². The van der Waals surface area contributed by atoms with Crippen molar-refractivity contribution >= 4 is 11.4 Å². The molecule has 2 aromatic carbocycles. The van der Waals surface area contributed by atoms with E-state index in [1.54, 1.807) is 0 Å². The molecule has 0 amide bonds. The molecule has 1 aliphatic heterocycles. The van der Waals surface area contributed by atoms with E-state index >= 15 is 0 Å². The highest BCUT2D eigenvalue weighted by Gasteiger charge is 2.29. The summed E-state index contributed by atoms with van der Waals surface area (Å²) in [6.45, 7) is 25.3. The monoisotopic (exact) mass is 390 g/mol. The van der Waals surface area contributed by atoms with Crippen molar-refractivity contribution in [2.24, 2.45) is 0 Å². The maximum Gasteiger partial charge on any atom is 0.0904 e. The van der Waals surface area contributed by atoms with Gasteiger partial charge in [0.2, 0.25) is 0 Å². The number of rotatable bonds is 6. The Bertz CT molecular complexity index is 710. The predicted molar refractivity (Wildman–Crippen MR) is 127 cm³/mol. The largest absolute Gasteiger partial charge is 0.352 e. The van der Waals surface area contributed by atoms with E-state index in [0.717, 1.165) is 19.8 Å². The number of hydrogen-bond donors (Lipinski definition) is 0. The van der Waals surface area contributed by atoms with Gasteiger partial charge in [-0.25, -0.2) is 0 Å². The third kappa shape index (κ3) is 4.32. The normalized spacial score (nSPS) is 14.9. The van der Waals surface area contributed by atoms with Crippen molar-refractivity contribution in [3.8, 4) is 0 Å². The molecule has 29 heavy (non-hydrogen) atoms. The van der Waals surface area contributed by atoms with Gasteiger partial charge in [-0.1, -0.05) is 84.9 Å². The Labute approximate surface area is 178 Å². The van der Waals surface area contributed by atoms with E-state index < -0.39 is 0 Å². The Morgan fingerprint density at radius 3 is 1.31 bits per heavy atom. The molecule has 2 radical (unpaired) electrons. The van der Waals surface area contributed by atoms with Gasteiger partial charge < -0.3 is 9.80 Å². The smallest absolute Gasteiger partial charge is 0.0904 e. The molecule has 2 nitrogen and oxygen atoms in total. The molecule has 0 bridgehead atoms. The van der Waals surface area contributed by atoms with Crippen LogP contribution in [0, 0.1) is 6.92 Å². The molecule has 1 saturated heterocycles. The van der Waals surface area contributed by atoms with Crippen LogP contribution in [0.15, 0.2) is 36.4 Å². The van der Waals surface area contributed by atoms with Crippen LogP contribution in [-0.2, 0) is 0 Å². The Balaban J connectivity index is 2.03. The molecule has 0 saturated carbocycles. The number of hydrogen-bond acceptors (Lipinski definition) is 2. The van der Waals surface area contributed by atoms with E-state index in [2.05, 4.69) is 94.7 Å². The second-order valence-electron chi connectivity index (χ2n) is 9.49. The molecular formula is C27H38N2. The minimum Gasteiger partial charge on any atom is -0.352 e. The van der Waals surface area contributed by atoms with Crippen molar-refractivity contribution < 1.29 is 0 Å². The van der Waals surface area contributed by atoms with Crippen molar-refractivity contribution in [1.82, 2.24) is 0 Å². The van der Waals surface area contributed by atoms with Crippen molar-refractivity contribution in [2.45, 2.75) is 72.1 Å². The maximum absolute atomic E-state index is 6.38. The van der Waals surface area contributed by atoms with E-state index in [1.807, 2.05) is 0 Å². The van der Waals surface area contributed by atoms with Gasteiger partial charge in [0.1, 0.15) is 0 Å². The summed E-state index contributed by atoms with van der Waals surface area (Å²) in [5.74, 6) is 1.54. The summed E-state index contributed by atoms with van der Waals surface area (Å²) < 4.78 is 0. The van der Waals surface area contributed by atoms with Gasteiger partial charge in [-0.05, 0) is 52.8 Å². The first kappa shape index (κ1) is 21.7. The lowest BCUT2D eigenvalue weighted by Gasteiger charge is -2.31. The predicted octanol–water partition coefficient (Wildman–Crippen LogP) is 7.16. The SMILES string of the molecule is [CH]C(C)c1cccc(C(C)C)c1N1CCN(c2c(C(C)C)cccc2C(C)C)C1. The lowest BCUT2D eigenvalue weighted by atomic mass is 9.92. The molecule has 156 valence electrons. The standard InChI is InChI=1S/C27H38N2/c1-18(2)22-11-9-12-23(19(3)4)26(22)28-15-16-29(17-28)27-24(20(5)6)13-10-14-25(27)21(7)8/h1,9-14,18-21H,15-17H2,2-8H3. The maximum atomic E-state index is 6.38. The van der Waals surface area contributed by atoms with Crippen LogP contribution >= 0.6 is 0 Å². The van der Waals surface area contributed by atoms with E-state index in [1.165, 1.54) is 33.6 Å². The lowest BCUT2D eigenvalue weighted by molar-refractivity contribution is 0.803. The Morgan fingerprint density at radius 1 is 0.621 bits per heavy atom. The van der Waals surface area contributed by atoms with Crippen LogP contribution < -0.4 is 9.80 Å². The molecule has 3 rings (SSSR count). The first-order valence-corrected chi connectivity index (χ1v) is 11.2. The summed E-state index contributed by atoms with van der Waals surface area (Å²) in [5, 5.41) is 0. The Kier molecular flexibility index (Phi) is 6.61. The van der Waals surface area contributed by atoms with Gasteiger partial charge in [-0.2, -0.15) is 0 Å². The zero-order valence-electron chi connectivity index (χ0n) is 19.4. The number of benzene rings is 2. The van der Waals surface area contributed by atoms with Crippen LogP contribution in [0.25, 0.3) is 0 Å². The molecule has 0 aliphatic carbocycles. The third-order valence-electron chi connectivity index (χ3n) is 6.17. The van der Waals surface area contributed by atoms with Crippen LogP contribution in [0.3, 0.4) is 0 Å². The van der Waals surface area contributed by atoms with Gasteiger partial charge in [0.05, 0.1) is 6.67 Å². The first-order valence-electron chi connectivity index (χ1n) is 11.2. The summed E-state index contributed by atoms with van der Waals surface area (Å²) in [6.07, 6.45) is 0. The van der Waals surface area contributed by atoms with Crippen LogP contribution in [0.4, 0.5) is 11.4 Å². The molecule has 1 aliphatic rings. The minimum absolute atomic E-state index is 0.0342. The molecule has 2 heteroatoms. The van der Waals surface area contributed by atoms with Gasteiger partial charge in [-0.15, -0.1) is 0 Å². The summed E-state index contributed by atoms with van der Waals surface area (Å²) in [7, 11) is 0. The average molecular weight is 391 g/mol. The molecule has 0 N–H and O–H groups in total. The quantitative estimate of drug-likeness (QED) is 0.516. The molecule has 1 fully saturated rings. The van der Waals surface area contributed by atoms with E-state index in [9.17, 15) is 0 Å². The fourth-order valence-electron chi connectivity index (χ4n) is 4.61. The Morgan fingerprint density at radius 2 is 0.966 bits per heavy atom. The van der Waals surface area contributed by atoms with Crippen molar-refractivity contribution in [2.75, 3.05) is 29.6 Å². The fourth-order valence-corrected chi connectivity index (χ4v) is 4.61. The second-order valence-corrected chi connectivity index (χ2v) is 9.49. The molecule has 1 atom stereocenters. The van der Waals surface area contributed by atoms with E-state index in [0.29, 0.717) is 17.8 Å². The minimum atomic E-state index is 0.0342. The van der Waals surface area contributed by atoms with Crippen LogP contribution in [0.5, 0.6) is 0 Å². The van der Waals surface area contributed by atoms with Crippen molar-refractivity contribution in [3.05, 3.63) is 65.6 Å². The summed E-state index contributed by atoms with van der Waals surface area (Å²) in [6, 6.07) is 13.5. The van der Waals surface area contributed by atoms with Gasteiger partial charge in [-0.3, -0.25) is 0 Å². The third-order valence-corrected chi connectivity index (χ3v) is 6.17. The summed E-state index contributed by atoms with van der Waals surface area (Å²) in [5.41, 5.74) is 8.39. The zero-order chi connectivity index (χ0) is 21.3. The zero-order valence-corrected chi connectivity index (χ0v) is 19.4. The van der Waals surface area contributed by atoms with Crippen molar-refractivity contribution in [1.29, 1.82) is 0 Å². The van der Waals surface area contributed by atoms with Crippen LogP contribution in [-0.4, -0.2) is 19.8 Å². The van der Waals surface area contributed by atoms with Gasteiger partial charge in [0, 0.05) is 24.5 Å². The highest BCUT2D eigenvalue weighted by molar-refractivity contribution is 5.68. The molecule has 0 aromatic heterocycles. The first-order chi connectivity index (χ1) is 13.7. The highest BCUT2D eigenvalue weighted by atomic mass is 15.4. The lowest BCUT2D eigenvalue weighted by Crippen LogP contribution is -2.28. The van der Waals surface area contributed by atoms with Gasteiger partial charge >= 0.3 is 0 Å². The number of anilines is 2. The second kappa shape index (κ2) is 8.81. The topological polar surface area (TPSA) is 6.48 Å². The fraction of sp³-hybridized carbons (Fsp3) is 0.519. The molecule has 1 heterocycles. The van der Waals surface area contributed by atoms with E-state index in [-0.39, 0.29) is 5.92 Å². The highest BCUT2D eigenvalue weighted by Crippen LogP contribution is 2.40. The number of para-hydroxylation sites is 2.